The van der Waals surface area contributed by atoms with Crippen molar-refractivity contribution in [3.8, 4) is 11.5 Å². The molecule has 0 bridgehead atoms. The quantitative estimate of drug-likeness (QED) is 0.587. The van der Waals surface area contributed by atoms with E-state index in [4.69, 9.17) is 9.47 Å². The van der Waals surface area contributed by atoms with Gasteiger partial charge in [-0.2, -0.15) is 13.2 Å². The van der Waals surface area contributed by atoms with Crippen LogP contribution < -0.4 is 14.4 Å². The highest BCUT2D eigenvalue weighted by Gasteiger charge is 2.38. The minimum atomic E-state index is -4.64. The van der Waals surface area contributed by atoms with E-state index in [9.17, 15) is 28.1 Å². The third-order valence-corrected chi connectivity index (χ3v) is 4.07. The fourth-order valence-corrected chi connectivity index (χ4v) is 2.79. The van der Waals surface area contributed by atoms with E-state index in [1.807, 2.05) is 0 Å². The van der Waals surface area contributed by atoms with Crippen LogP contribution in [0.25, 0.3) is 0 Å². The Bertz CT molecular complexity index is 897. The maximum atomic E-state index is 13.2. The first-order valence-electron chi connectivity index (χ1n) is 7.72. The number of carbonyl (C=O) groups is 1. The van der Waals surface area contributed by atoms with Gasteiger partial charge in [-0.25, -0.2) is 4.79 Å². The van der Waals surface area contributed by atoms with Gasteiger partial charge in [0.05, 0.1) is 23.3 Å². The van der Waals surface area contributed by atoms with Crippen LogP contribution in [0.4, 0.5) is 29.3 Å². The number of rotatable bonds is 3. The second-order valence-electron chi connectivity index (χ2n) is 5.70. The van der Waals surface area contributed by atoms with Crippen LogP contribution >= 0.6 is 0 Å². The summed E-state index contributed by atoms with van der Waals surface area (Å²) in [5, 5.41) is 10.6. The number of non-ortho nitro benzene ring substituents is 1. The number of halogens is 3. The molecule has 1 heterocycles. The van der Waals surface area contributed by atoms with E-state index in [0.29, 0.717) is 12.0 Å². The van der Waals surface area contributed by atoms with Crippen molar-refractivity contribution in [1.82, 2.24) is 0 Å². The SMILES string of the molecule is COc1cc2c(cc1C(F)(F)F)N(C(=O)Oc1ccc([N+](=O)[O-])cc1)CC2. The Balaban J connectivity index is 1.86. The predicted octanol–water partition coefficient (Wildman–Crippen LogP) is 4.18. The molecule has 2 aromatic carbocycles. The number of carbonyl (C=O) groups excluding carboxylic acids is 1. The number of benzene rings is 2. The summed E-state index contributed by atoms with van der Waals surface area (Å²) in [6.07, 6.45) is -5.17. The van der Waals surface area contributed by atoms with E-state index < -0.39 is 22.8 Å². The van der Waals surface area contributed by atoms with Crippen LogP contribution in [0.1, 0.15) is 11.1 Å². The summed E-state index contributed by atoms with van der Waals surface area (Å²) in [5.74, 6) is -0.268. The van der Waals surface area contributed by atoms with Crippen LogP contribution in [0.15, 0.2) is 36.4 Å². The van der Waals surface area contributed by atoms with Gasteiger partial charge in [-0.3, -0.25) is 15.0 Å². The molecule has 0 N–H and O–H groups in total. The molecule has 0 aliphatic carbocycles. The number of fused-ring (bicyclic) bond motifs is 1. The summed E-state index contributed by atoms with van der Waals surface area (Å²) >= 11 is 0. The van der Waals surface area contributed by atoms with Crippen molar-refractivity contribution >= 4 is 17.5 Å². The van der Waals surface area contributed by atoms with Gasteiger partial charge in [-0.1, -0.05) is 0 Å². The van der Waals surface area contributed by atoms with Crippen LogP contribution in [0.5, 0.6) is 11.5 Å². The number of methoxy groups -OCH3 is 1. The van der Waals surface area contributed by atoms with Crippen molar-refractivity contribution in [3.05, 3.63) is 57.6 Å². The van der Waals surface area contributed by atoms with Gasteiger partial charge in [-0.05, 0) is 36.2 Å². The number of alkyl halides is 3. The number of nitrogens with zero attached hydrogens (tertiary/aromatic N) is 2. The van der Waals surface area contributed by atoms with Crippen molar-refractivity contribution in [1.29, 1.82) is 0 Å². The highest BCUT2D eigenvalue weighted by molar-refractivity contribution is 5.92. The monoisotopic (exact) mass is 382 g/mol. The van der Waals surface area contributed by atoms with Gasteiger partial charge in [0.1, 0.15) is 11.5 Å². The van der Waals surface area contributed by atoms with Crippen LogP contribution in [0.2, 0.25) is 0 Å². The molecule has 1 aliphatic heterocycles. The lowest BCUT2D eigenvalue weighted by Crippen LogP contribution is -2.32. The third-order valence-electron chi connectivity index (χ3n) is 4.07. The predicted molar refractivity (Wildman–Crippen MR) is 88.2 cm³/mol. The van der Waals surface area contributed by atoms with Gasteiger partial charge in [0.2, 0.25) is 0 Å². The molecule has 0 saturated heterocycles. The van der Waals surface area contributed by atoms with Crippen LogP contribution in [0, 0.1) is 10.1 Å². The number of hydrogen-bond acceptors (Lipinski definition) is 5. The van der Waals surface area contributed by atoms with E-state index in [-0.39, 0.29) is 29.4 Å². The maximum absolute atomic E-state index is 13.2. The lowest BCUT2D eigenvalue weighted by atomic mass is 10.1. The molecular formula is C17H13F3N2O5. The molecule has 0 radical (unpaired) electrons. The molecule has 10 heteroatoms. The highest BCUT2D eigenvalue weighted by atomic mass is 19.4. The molecule has 0 saturated carbocycles. The molecule has 3 rings (SSSR count). The minimum absolute atomic E-state index is 0.0450. The zero-order valence-corrected chi connectivity index (χ0v) is 13.9. The third kappa shape index (κ3) is 3.64. The fourth-order valence-electron chi connectivity index (χ4n) is 2.79. The number of nitro benzene ring substituents is 1. The van der Waals surface area contributed by atoms with E-state index >= 15 is 0 Å². The van der Waals surface area contributed by atoms with Gasteiger partial charge in [-0.15, -0.1) is 0 Å². The number of ether oxygens (including phenoxy) is 2. The van der Waals surface area contributed by atoms with E-state index in [0.717, 1.165) is 30.2 Å². The Kier molecular flexibility index (Phi) is 4.64. The van der Waals surface area contributed by atoms with Crippen LogP contribution in [-0.2, 0) is 12.6 Å². The molecule has 0 fully saturated rings. The fraction of sp³-hybridized carbons (Fsp3) is 0.235. The standard InChI is InChI=1S/C17H13F3N2O5/c1-26-15-8-10-6-7-21(14(10)9-13(15)17(18,19)20)16(23)27-12-4-2-11(3-5-12)22(24)25/h2-5,8-9H,6-7H2,1H3. The van der Waals surface area contributed by atoms with Crippen molar-refractivity contribution in [2.45, 2.75) is 12.6 Å². The van der Waals surface area contributed by atoms with Gasteiger partial charge in [0, 0.05) is 18.7 Å². The number of anilines is 1. The Labute approximate surface area is 151 Å². The molecule has 0 atom stereocenters. The molecule has 142 valence electrons. The lowest BCUT2D eigenvalue weighted by Gasteiger charge is -2.19. The zero-order chi connectivity index (χ0) is 19.8. The largest absolute Gasteiger partial charge is 0.496 e. The molecule has 0 aromatic heterocycles. The molecule has 1 amide bonds. The van der Waals surface area contributed by atoms with Gasteiger partial charge < -0.3 is 9.47 Å². The zero-order valence-electron chi connectivity index (χ0n) is 13.9. The van der Waals surface area contributed by atoms with Gasteiger partial charge >= 0.3 is 12.3 Å². The summed E-state index contributed by atoms with van der Waals surface area (Å²) in [7, 11) is 1.15. The van der Waals surface area contributed by atoms with Crippen molar-refractivity contribution in [2.75, 3.05) is 18.6 Å². The van der Waals surface area contributed by atoms with Gasteiger partial charge in [0.25, 0.3) is 5.69 Å². The Morgan fingerprint density at radius 3 is 2.44 bits per heavy atom. The first-order valence-corrected chi connectivity index (χ1v) is 7.72. The number of nitro groups is 1. The van der Waals surface area contributed by atoms with Crippen molar-refractivity contribution < 1.29 is 32.4 Å². The highest BCUT2D eigenvalue weighted by Crippen LogP contribution is 2.42. The summed E-state index contributed by atoms with van der Waals surface area (Å²) < 4.78 is 49.6. The van der Waals surface area contributed by atoms with Crippen LogP contribution in [-0.4, -0.2) is 24.7 Å². The van der Waals surface area contributed by atoms with Gasteiger partial charge in [0.15, 0.2) is 0 Å². The summed E-state index contributed by atoms with van der Waals surface area (Å²) in [6.45, 7) is 0.144. The summed E-state index contributed by atoms with van der Waals surface area (Å²) in [6, 6.07) is 6.92. The average molecular weight is 382 g/mol. The Morgan fingerprint density at radius 1 is 1.22 bits per heavy atom. The molecule has 0 unspecified atom stereocenters. The molecular weight excluding hydrogens is 369 g/mol. The number of hydrogen-bond donors (Lipinski definition) is 0. The topological polar surface area (TPSA) is 81.9 Å². The average Bonchev–Trinajstić information content (AvgIpc) is 3.03. The maximum Gasteiger partial charge on any atom is 0.420 e. The van der Waals surface area contributed by atoms with Crippen LogP contribution in [0.3, 0.4) is 0 Å². The summed E-state index contributed by atoms with van der Waals surface area (Å²) in [4.78, 5) is 23.5. The molecule has 2 aromatic rings. The number of amides is 1. The summed E-state index contributed by atoms with van der Waals surface area (Å²) in [5.41, 5.74) is -0.544. The smallest absolute Gasteiger partial charge is 0.420 e. The molecule has 0 spiro atoms. The van der Waals surface area contributed by atoms with E-state index in [1.165, 1.54) is 18.2 Å². The Hall–Kier alpha value is -3.30. The molecule has 27 heavy (non-hydrogen) atoms. The first kappa shape index (κ1) is 18.5. The second kappa shape index (κ2) is 6.78. The first-order chi connectivity index (χ1) is 12.7. The lowest BCUT2D eigenvalue weighted by molar-refractivity contribution is -0.384. The molecule has 7 nitrogen and oxygen atoms in total. The second-order valence-corrected chi connectivity index (χ2v) is 5.70. The normalized spacial score (nSPS) is 13.3. The van der Waals surface area contributed by atoms with Crippen molar-refractivity contribution in [3.63, 3.8) is 0 Å². The molecule has 1 aliphatic rings. The Morgan fingerprint density at radius 2 is 1.89 bits per heavy atom. The van der Waals surface area contributed by atoms with E-state index in [2.05, 4.69) is 0 Å². The minimum Gasteiger partial charge on any atom is -0.496 e. The van der Waals surface area contributed by atoms with E-state index in [1.54, 1.807) is 0 Å². The van der Waals surface area contributed by atoms with Crippen molar-refractivity contribution in [2.24, 2.45) is 0 Å².